The molecule has 0 unspecified atom stereocenters. The molecule has 1 fully saturated rings. The smallest absolute Gasteiger partial charge is 0.323 e. The number of carboxylic acids is 1. The van der Waals surface area contributed by atoms with Crippen LogP contribution >= 0.6 is 0 Å². The summed E-state index contributed by atoms with van der Waals surface area (Å²) in [6.45, 7) is 0.137. The van der Waals surface area contributed by atoms with E-state index in [0.717, 1.165) is 0 Å². The third kappa shape index (κ3) is 1.11. The summed E-state index contributed by atoms with van der Waals surface area (Å²) < 4.78 is 0. The Morgan fingerprint density at radius 1 is 1.50 bits per heavy atom. The lowest BCUT2D eigenvalue weighted by Crippen LogP contribution is -2.39. The van der Waals surface area contributed by atoms with Crippen molar-refractivity contribution >= 4 is 5.97 Å². The maximum Gasteiger partial charge on any atom is 0.323 e. The zero-order valence-electron chi connectivity index (χ0n) is 5.19. The summed E-state index contributed by atoms with van der Waals surface area (Å²) in [5.41, 5.74) is 0. The van der Waals surface area contributed by atoms with E-state index in [4.69, 9.17) is 15.3 Å². The molecule has 1 aliphatic heterocycles. The van der Waals surface area contributed by atoms with Crippen LogP contribution in [-0.4, -0.2) is 46.1 Å². The Morgan fingerprint density at radius 3 is 2.30 bits per heavy atom. The van der Waals surface area contributed by atoms with Crippen molar-refractivity contribution in [3.63, 3.8) is 0 Å². The Morgan fingerprint density at radius 2 is 2.10 bits per heavy atom. The van der Waals surface area contributed by atoms with E-state index in [2.05, 4.69) is 5.32 Å². The predicted molar refractivity (Wildman–Crippen MR) is 31.4 cm³/mol. The molecule has 1 saturated heterocycles. The van der Waals surface area contributed by atoms with Gasteiger partial charge >= 0.3 is 5.97 Å². The maximum atomic E-state index is 10.2. The summed E-state index contributed by atoms with van der Waals surface area (Å²) in [5, 5.41) is 28.6. The molecule has 0 amide bonds. The van der Waals surface area contributed by atoms with Crippen molar-refractivity contribution in [2.24, 2.45) is 0 Å². The lowest BCUT2D eigenvalue weighted by atomic mass is 10.1. The molecule has 0 radical (unpaired) electrons. The fourth-order valence-corrected chi connectivity index (χ4v) is 0.945. The van der Waals surface area contributed by atoms with Crippen LogP contribution in [0, 0.1) is 0 Å². The number of nitrogens with one attached hydrogen (secondary N) is 1. The van der Waals surface area contributed by atoms with Gasteiger partial charge in [0.05, 0.1) is 6.10 Å². The van der Waals surface area contributed by atoms with Crippen LogP contribution in [0.3, 0.4) is 0 Å². The molecular formula is C5H9NO4. The van der Waals surface area contributed by atoms with E-state index in [1.54, 1.807) is 0 Å². The van der Waals surface area contributed by atoms with Crippen LogP contribution in [0.5, 0.6) is 0 Å². The first-order chi connectivity index (χ1) is 4.63. The zero-order chi connectivity index (χ0) is 7.72. The molecule has 1 heterocycles. The van der Waals surface area contributed by atoms with Gasteiger partial charge in [0.1, 0.15) is 12.1 Å². The number of hydrogen-bond acceptors (Lipinski definition) is 4. The summed E-state index contributed by atoms with van der Waals surface area (Å²) >= 11 is 0. The first-order valence-corrected chi connectivity index (χ1v) is 2.95. The topological polar surface area (TPSA) is 89.8 Å². The lowest BCUT2D eigenvalue weighted by Gasteiger charge is -2.09. The highest BCUT2D eigenvalue weighted by Gasteiger charge is 2.37. The number of rotatable bonds is 1. The van der Waals surface area contributed by atoms with Gasteiger partial charge in [0.15, 0.2) is 0 Å². The van der Waals surface area contributed by atoms with Crippen LogP contribution in [0.2, 0.25) is 0 Å². The van der Waals surface area contributed by atoms with E-state index >= 15 is 0 Å². The van der Waals surface area contributed by atoms with Gasteiger partial charge in [0.25, 0.3) is 0 Å². The molecule has 0 saturated carbocycles. The monoisotopic (exact) mass is 147 g/mol. The molecule has 5 heteroatoms. The summed E-state index contributed by atoms with van der Waals surface area (Å²) in [7, 11) is 0. The average Bonchev–Trinajstić information content (AvgIpc) is 2.14. The van der Waals surface area contributed by atoms with Crippen LogP contribution in [0.1, 0.15) is 0 Å². The molecule has 5 nitrogen and oxygen atoms in total. The Kier molecular flexibility index (Phi) is 1.89. The molecule has 0 aromatic carbocycles. The Labute approximate surface area is 57.3 Å². The highest BCUT2D eigenvalue weighted by atomic mass is 16.4. The van der Waals surface area contributed by atoms with Gasteiger partial charge in [-0.25, -0.2) is 0 Å². The quantitative estimate of drug-likeness (QED) is 0.337. The van der Waals surface area contributed by atoms with Crippen LogP contribution in [0.25, 0.3) is 0 Å². The van der Waals surface area contributed by atoms with Gasteiger partial charge in [-0.2, -0.15) is 0 Å². The normalized spacial score (nSPS) is 40.0. The van der Waals surface area contributed by atoms with Crippen molar-refractivity contribution in [2.45, 2.75) is 18.2 Å². The van der Waals surface area contributed by atoms with E-state index in [9.17, 15) is 4.79 Å². The second kappa shape index (κ2) is 2.53. The van der Waals surface area contributed by atoms with Crippen molar-refractivity contribution in [3.05, 3.63) is 0 Å². The molecule has 58 valence electrons. The van der Waals surface area contributed by atoms with E-state index in [-0.39, 0.29) is 6.54 Å². The molecule has 10 heavy (non-hydrogen) atoms. The SMILES string of the molecule is O=C(O)[C@H]1NC[C@H](O)[C@H]1O. The minimum atomic E-state index is -1.18. The molecule has 3 atom stereocenters. The molecule has 0 aromatic rings. The van der Waals surface area contributed by atoms with Gasteiger partial charge in [-0.15, -0.1) is 0 Å². The van der Waals surface area contributed by atoms with Crippen molar-refractivity contribution in [3.8, 4) is 0 Å². The predicted octanol–water partition coefficient (Wildman–Crippen LogP) is -2.24. The fourth-order valence-electron chi connectivity index (χ4n) is 0.945. The number of carbonyl (C=O) groups is 1. The summed E-state index contributed by atoms with van der Waals surface area (Å²) in [6, 6.07) is -1.02. The summed E-state index contributed by atoms with van der Waals surface area (Å²) in [4.78, 5) is 10.2. The Bertz CT molecular complexity index is 149. The number of aliphatic carboxylic acids is 1. The van der Waals surface area contributed by atoms with Gasteiger partial charge in [-0.1, -0.05) is 0 Å². The van der Waals surface area contributed by atoms with Crippen molar-refractivity contribution < 1.29 is 20.1 Å². The first kappa shape index (κ1) is 7.46. The van der Waals surface area contributed by atoms with Gasteiger partial charge in [-0.05, 0) is 0 Å². The van der Waals surface area contributed by atoms with Gasteiger partial charge < -0.3 is 15.3 Å². The second-order valence-corrected chi connectivity index (χ2v) is 2.28. The molecule has 0 bridgehead atoms. The average molecular weight is 147 g/mol. The lowest BCUT2D eigenvalue weighted by molar-refractivity contribution is -0.142. The maximum absolute atomic E-state index is 10.2. The van der Waals surface area contributed by atoms with E-state index in [0.29, 0.717) is 0 Å². The third-order valence-electron chi connectivity index (χ3n) is 1.55. The number of aliphatic hydroxyl groups excluding tert-OH is 2. The van der Waals surface area contributed by atoms with Crippen molar-refractivity contribution in [1.82, 2.24) is 5.32 Å². The number of aliphatic hydroxyl groups is 2. The molecule has 1 rings (SSSR count). The Balaban J connectivity index is 2.57. The van der Waals surface area contributed by atoms with Gasteiger partial charge in [-0.3, -0.25) is 10.1 Å². The number of hydrogen-bond donors (Lipinski definition) is 4. The van der Waals surface area contributed by atoms with Crippen molar-refractivity contribution in [2.75, 3.05) is 6.54 Å². The highest BCUT2D eigenvalue weighted by Crippen LogP contribution is 2.06. The molecule has 0 spiro atoms. The van der Waals surface area contributed by atoms with E-state index in [1.165, 1.54) is 0 Å². The van der Waals surface area contributed by atoms with Crippen LogP contribution in [0.4, 0.5) is 0 Å². The molecule has 0 aromatic heterocycles. The zero-order valence-corrected chi connectivity index (χ0v) is 5.19. The van der Waals surface area contributed by atoms with Gasteiger partial charge in [0.2, 0.25) is 0 Å². The standard InChI is InChI=1S/C5H9NO4/c7-2-1-6-3(4(2)8)5(9)10/h2-4,6-8H,1H2,(H,9,10)/t2-,3-,4+/m0/s1. The van der Waals surface area contributed by atoms with Crippen LogP contribution in [0.15, 0.2) is 0 Å². The fraction of sp³-hybridized carbons (Fsp3) is 0.800. The number of β-amino-alcohol motifs (C(OH)–C–C–N with tert-alkyl or cyclic N) is 1. The largest absolute Gasteiger partial charge is 0.480 e. The molecule has 4 N–H and O–H groups in total. The highest BCUT2D eigenvalue weighted by molar-refractivity contribution is 5.74. The number of carboxylic acid groups (broad SMARTS) is 1. The van der Waals surface area contributed by atoms with E-state index in [1.807, 2.05) is 0 Å². The molecule has 1 aliphatic rings. The van der Waals surface area contributed by atoms with Crippen molar-refractivity contribution in [1.29, 1.82) is 0 Å². The minimum absolute atomic E-state index is 0.137. The molecule has 0 aliphatic carbocycles. The summed E-state index contributed by atoms with van der Waals surface area (Å²) in [6.07, 6.45) is -2.14. The first-order valence-electron chi connectivity index (χ1n) is 2.95. The third-order valence-corrected chi connectivity index (χ3v) is 1.55. The van der Waals surface area contributed by atoms with Crippen LogP contribution < -0.4 is 5.32 Å². The van der Waals surface area contributed by atoms with Crippen LogP contribution in [-0.2, 0) is 4.79 Å². The van der Waals surface area contributed by atoms with Gasteiger partial charge in [0, 0.05) is 6.54 Å². The Hall–Kier alpha value is -0.650. The van der Waals surface area contributed by atoms with E-state index < -0.39 is 24.2 Å². The second-order valence-electron chi connectivity index (χ2n) is 2.28. The minimum Gasteiger partial charge on any atom is -0.480 e. The molecular weight excluding hydrogens is 138 g/mol. The summed E-state index contributed by atoms with van der Waals surface area (Å²) in [5.74, 6) is -1.14.